The average Bonchev–Trinajstić information content (AvgIpc) is 2.31. The van der Waals surface area contributed by atoms with E-state index in [0.29, 0.717) is 0 Å². The van der Waals surface area contributed by atoms with E-state index in [1.165, 1.54) is 0 Å². The van der Waals surface area contributed by atoms with Crippen LogP contribution < -0.4 is 0 Å². The standard InChI is InChI=1S/C13H12N2/c1-11(12-6-3-2-4-7-12)15-13-8-5-9-14-10-13/h2-10H,1H3. The zero-order chi connectivity index (χ0) is 10.5. The van der Waals surface area contributed by atoms with Crippen molar-refractivity contribution in [3.05, 3.63) is 60.4 Å². The van der Waals surface area contributed by atoms with Crippen LogP contribution in [0.5, 0.6) is 0 Å². The maximum atomic E-state index is 4.48. The molecule has 0 spiro atoms. The van der Waals surface area contributed by atoms with Crippen LogP contribution in [0, 0.1) is 0 Å². The van der Waals surface area contributed by atoms with Gasteiger partial charge in [0, 0.05) is 11.9 Å². The molecular formula is C13H12N2. The van der Waals surface area contributed by atoms with Gasteiger partial charge in [0.15, 0.2) is 0 Å². The van der Waals surface area contributed by atoms with Crippen LogP contribution in [-0.2, 0) is 0 Å². The quantitative estimate of drug-likeness (QED) is 0.677. The van der Waals surface area contributed by atoms with Gasteiger partial charge in [-0.15, -0.1) is 0 Å². The Kier molecular flexibility index (Phi) is 2.88. The van der Waals surface area contributed by atoms with Gasteiger partial charge >= 0.3 is 0 Å². The molecule has 0 aliphatic rings. The van der Waals surface area contributed by atoms with Gasteiger partial charge in [-0.05, 0) is 24.6 Å². The Bertz CT molecular complexity index is 446. The van der Waals surface area contributed by atoms with Crippen LogP contribution in [0.25, 0.3) is 0 Å². The van der Waals surface area contributed by atoms with Crippen LogP contribution in [0.1, 0.15) is 12.5 Å². The summed E-state index contributed by atoms with van der Waals surface area (Å²) in [6, 6.07) is 14.0. The Balaban J connectivity index is 2.29. The van der Waals surface area contributed by atoms with Crippen molar-refractivity contribution in [2.45, 2.75) is 6.92 Å². The van der Waals surface area contributed by atoms with E-state index in [0.717, 1.165) is 17.0 Å². The van der Waals surface area contributed by atoms with Gasteiger partial charge in [-0.3, -0.25) is 9.98 Å². The van der Waals surface area contributed by atoms with E-state index in [1.807, 2.05) is 37.3 Å². The third-order valence-electron chi connectivity index (χ3n) is 2.13. The SMILES string of the molecule is CC(=Nc1cccnc1)c1ccccc1. The molecule has 0 aliphatic heterocycles. The largest absolute Gasteiger partial charge is 0.262 e. The molecule has 0 amide bonds. The third-order valence-corrected chi connectivity index (χ3v) is 2.13. The molecule has 0 atom stereocenters. The lowest BCUT2D eigenvalue weighted by Crippen LogP contribution is -1.92. The van der Waals surface area contributed by atoms with Gasteiger partial charge in [0.05, 0.1) is 11.9 Å². The number of benzene rings is 1. The van der Waals surface area contributed by atoms with E-state index in [2.05, 4.69) is 22.1 Å². The maximum Gasteiger partial charge on any atom is 0.0816 e. The molecule has 0 saturated heterocycles. The Labute approximate surface area is 89.3 Å². The summed E-state index contributed by atoms with van der Waals surface area (Å²) >= 11 is 0. The third kappa shape index (κ3) is 2.50. The fourth-order valence-corrected chi connectivity index (χ4v) is 1.36. The van der Waals surface area contributed by atoms with Gasteiger partial charge in [-0.1, -0.05) is 30.3 Å². The highest BCUT2D eigenvalue weighted by Gasteiger charge is 1.95. The van der Waals surface area contributed by atoms with E-state index in [-0.39, 0.29) is 0 Å². The van der Waals surface area contributed by atoms with Crippen LogP contribution in [-0.4, -0.2) is 10.7 Å². The molecule has 0 N–H and O–H groups in total. The second-order valence-electron chi connectivity index (χ2n) is 3.27. The molecule has 2 rings (SSSR count). The van der Waals surface area contributed by atoms with Gasteiger partial charge in [0.2, 0.25) is 0 Å². The minimum atomic E-state index is 0.888. The zero-order valence-electron chi connectivity index (χ0n) is 8.59. The fraction of sp³-hybridized carbons (Fsp3) is 0.0769. The predicted molar refractivity (Wildman–Crippen MR) is 62.6 cm³/mol. The molecule has 0 unspecified atom stereocenters. The average molecular weight is 196 g/mol. The highest BCUT2D eigenvalue weighted by atomic mass is 14.8. The van der Waals surface area contributed by atoms with Crippen LogP contribution in [0.3, 0.4) is 0 Å². The van der Waals surface area contributed by atoms with E-state index < -0.39 is 0 Å². The molecule has 2 aromatic rings. The predicted octanol–water partition coefficient (Wildman–Crippen LogP) is 3.22. The first-order chi connectivity index (χ1) is 7.36. The lowest BCUT2D eigenvalue weighted by atomic mass is 10.1. The smallest absolute Gasteiger partial charge is 0.0816 e. The molecule has 1 heterocycles. The van der Waals surface area contributed by atoms with Crippen molar-refractivity contribution < 1.29 is 0 Å². The summed E-state index contributed by atoms with van der Waals surface area (Å²) in [6.45, 7) is 2.00. The Morgan fingerprint density at radius 3 is 2.53 bits per heavy atom. The number of hydrogen-bond acceptors (Lipinski definition) is 2. The van der Waals surface area contributed by atoms with Gasteiger partial charge in [0.1, 0.15) is 0 Å². The lowest BCUT2D eigenvalue weighted by molar-refractivity contribution is 1.30. The van der Waals surface area contributed by atoms with E-state index >= 15 is 0 Å². The molecule has 0 aliphatic carbocycles. The van der Waals surface area contributed by atoms with Gasteiger partial charge < -0.3 is 0 Å². The van der Waals surface area contributed by atoms with Crippen LogP contribution in [0.4, 0.5) is 5.69 Å². The number of rotatable bonds is 2. The summed E-state index contributed by atoms with van der Waals surface area (Å²) in [5.41, 5.74) is 3.03. The molecule has 2 heteroatoms. The minimum Gasteiger partial charge on any atom is -0.262 e. The minimum absolute atomic E-state index is 0.888. The topological polar surface area (TPSA) is 25.2 Å². The lowest BCUT2D eigenvalue weighted by Gasteiger charge is -1.99. The number of aromatic nitrogens is 1. The van der Waals surface area contributed by atoms with Crippen molar-refractivity contribution in [2.24, 2.45) is 4.99 Å². The van der Waals surface area contributed by atoms with Gasteiger partial charge in [-0.2, -0.15) is 0 Å². The number of pyridine rings is 1. The van der Waals surface area contributed by atoms with Crippen molar-refractivity contribution in [1.29, 1.82) is 0 Å². The molecule has 2 nitrogen and oxygen atoms in total. The highest BCUT2D eigenvalue weighted by Crippen LogP contribution is 2.11. The summed E-state index contributed by atoms with van der Waals surface area (Å²) in [5.74, 6) is 0. The van der Waals surface area contributed by atoms with Gasteiger partial charge in [-0.25, -0.2) is 0 Å². The molecular weight excluding hydrogens is 184 g/mol. The maximum absolute atomic E-state index is 4.48. The Morgan fingerprint density at radius 1 is 1.07 bits per heavy atom. The summed E-state index contributed by atoms with van der Waals surface area (Å²) in [5, 5.41) is 0. The highest BCUT2D eigenvalue weighted by molar-refractivity contribution is 6.00. The molecule has 1 aromatic carbocycles. The zero-order valence-corrected chi connectivity index (χ0v) is 8.59. The Morgan fingerprint density at radius 2 is 1.87 bits per heavy atom. The monoisotopic (exact) mass is 196 g/mol. The molecule has 0 radical (unpaired) electrons. The van der Waals surface area contributed by atoms with Crippen molar-refractivity contribution in [2.75, 3.05) is 0 Å². The molecule has 0 bridgehead atoms. The first-order valence-corrected chi connectivity index (χ1v) is 4.87. The first kappa shape index (κ1) is 9.59. The molecule has 15 heavy (non-hydrogen) atoms. The van der Waals surface area contributed by atoms with Gasteiger partial charge in [0.25, 0.3) is 0 Å². The molecule has 0 fully saturated rings. The summed E-state index contributed by atoms with van der Waals surface area (Å²) in [6.07, 6.45) is 3.50. The van der Waals surface area contributed by atoms with Crippen LogP contribution in [0.2, 0.25) is 0 Å². The van der Waals surface area contributed by atoms with Crippen molar-refractivity contribution >= 4 is 11.4 Å². The Hall–Kier alpha value is -1.96. The molecule has 1 aromatic heterocycles. The number of hydrogen-bond donors (Lipinski definition) is 0. The van der Waals surface area contributed by atoms with E-state index in [4.69, 9.17) is 0 Å². The number of aliphatic imine (C=N–C) groups is 1. The molecule has 0 saturated carbocycles. The van der Waals surface area contributed by atoms with E-state index in [1.54, 1.807) is 12.4 Å². The van der Waals surface area contributed by atoms with Crippen LogP contribution >= 0.6 is 0 Å². The van der Waals surface area contributed by atoms with E-state index in [9.17, 15) is 0 Å². The fourth-order valence-electron chi connectivity index (χ4n) is 1.36. The normalized spacial score (nSPS) is 11.4. The van der Waals surface area contributed by atoms with Crippen molar-refractivity contribution in [3.8, 4) is 0 Å². The second kappa shape index (κ2) is 4.51. The van der Waals surface area contributed by atoms with Crippen molar-refractivity contribution in [1.82, 2.24) is 4.98 Å². The summed E-state index contributed by atoms with van der Waals surface area (Å²) in [7, 11) is 0. The number of nitrogens with zero attached hydrogens (tertiary/aromatic N) is 2. The second-order valence-corrected chi connectivity index (χ2v) is 3.27. The van der Waals surface area contributed by atoms with Crippen LogP contribution in [0.15, 0.2) is 59.9 Å². The summed E-state index contributed by atoms with van der Waals surface area (Å²) in [4.78, 5) is 8.51. The summed E-state index contributed by atoms with van der Waals surface area (Å²) < 4.78 is 0. The van der Waals surface area contributed by atoms with Crippen molar-refractivity contribution in [3.63, 3.8) is 0 Å². The molecule has 74 valence electrons. The first-order valence-electron chi connectivity index (χ1n) is 4.87.